The molecule has 6 nitrogen and oxygen atoms in total. The molecule has 0 aromatic heterocycles. The lowest BCUT2D eigenvalue weighted by Gasteiger charge is -2.23. The Hall–Kier alpha value is -0.0231. The Morgan fingerprint density at radius 1 is 1.00 bits per heavy atom. The van der Waals surface area contributed by atoms with Crippen LogP contribution in [0.3, 0.4) is 0 Å². The molecule has 7 heteroatoms. The lowest BCUT2D eigenvalue weighted by Crippen LogP contribution is -2.48. The summed E-state index contributed by atoms with van der Waals surface area (Å²) in [7, 11) is 2.17. The topological polar surface area (TPSA) is 58.7 Å². The summed E-state index contributed by atoms with van der Waals surface area (Å²) in [5, 5.41) is 0. The molecule has 0 saturated carbocycles. The first-order chi connectivity index (χ1) is 8.76. The van der Waals surface area contributed by atoms with E-state index in [2.05, 4.69) is 0 Å². The van der Waals surface area contributed by atoms with Crippen LogP contribution in [0.5, 0.6) is 0 Å². The third-order valence-electron chi connectivity index (χ3n) is 2.75. The first-order valence-electron chi connectivity index (χ1n) is 6.19. The van der Waals surface area contributed by atoms with Gasteiger partial charge in [0.1, 0.15) is 12.3 Å². The highest BCUT2D eigenvalue weighted by molar-refractivity contribution is 6.60. The molecule has 1 aliphatic rings. The van der Waals surface area contributed by atoms with Crippen LogP contribution < -0.4 is 0 Å². The maximum atomic E-state index is 5.52. The van der Waals surface area contributed by atoms with Crippen LogP contribution in [0.15, 0.2) is 0 Å². The quantitative estimate of drug-likeness (QED) is 0.297. The Bertz CT molecular complexity index is 199. The van der Waals surface area contributed by atoms with Crippen molar-refractivity contribution in [2.75, 3.05) is 54.0 Å². The van der Waals surface area contributed by atoms with Crippen molar-refractivity contribution in [2.45, 2.75) is 18.9 Å². The van der Waals surface area contributed by atoms with Gasteiger partial charge in [0.05, 0.1) is 13.2 Å². The van der Waals surface area contributed by atoms with E-state index in [1.807, 2.05) is 0 Å². The third-order valence-corrected chi connectivity index (χ3v) is 5.17. The maximum absolute atomic E-state index is 5.52. The molecule has 0 radical (unpaired) electrons. The van der Waals surface area contributed by atoms with Gasteiger partial charge in [-0.05, 0) is 12.8 Å². The van der Waals surface area contributed by atoms with Crippen LogP contribution in [0.1, 0.15) is 12.8 Å². The first kappa shape index (κ1) is 16.0. The summed E-state index contributed by atoms with van der Waals surface area (Å²) in [6.07, 6.45) is 2.66. The van der Waals surface area contributed by atoms with Crippen LogP contribution in [0.4, 0.5) is 0 Å². The molecule has 0 amide bonds. The molecule has 18 heavy (non-hydrogen) atoms. The standard InChI is InChI=1S/C11H24O6Si/c1-12-18(13-2,14-3)10-16-7-5-4-6-15-8-11-9-17-11/h11H,4-10H2,1-3H3. The van der Waals surface area contributed by atoms with E-state index in [4.69, 9.17) is 27.5 Å². The van der Waals surface area contributed by atoms with Gasteiger partial charge in [-0.2, -0.15) is 0 Å². The molecule has 0 spiro atoms. The van der Waals surface area contributed by atoms with Crippen LogP contribution in [-0.4, -0.2) is 68.9 Å². The predicted octanol–water partition coefficient (Wildman–Crippen LogP) is 0.616. The monoisotopic (exact) mass is 280 g/mol. The molecule has 0 bridgehead atoms. The summed E-state index contributed by atoms with van der Waals surface area (Å²) in [6.45, 7) is 2.98. The fourth-order valence-electron chi connectivity index (χ4n) is 1.41. The van der Waals surface area contributed by atoms with Gasteiger partial charge in [0.25, 0.3) is 0 Å². The predicted molar refractivity (Wildman–Crippen MR) is 67.4 cm³/mol. The molecule has 1 heterocycles. The van der Waals surface area contributed by atoms with E-state index in [0.29, 0.717) is 25.5 Å². The Morgan fingerprint density at radius 2 is 1.56 bits per heavy atom. The van der Waals surface area contributed by atoms with Crippen molar-refractivity contribution in [1.82, 2.24) is 0 Å². The molecule has 1 saturated heterocycles. The van der Waals surface area contributed by atoms with E-state index in [0.717, 1.165) is 26.1 Å². The largest absolute Gasteiger partial charge is 0.527 e. The molecule has 1 unspecified atom stereocenters. The van der Waals surface area contributed by atoms with E-state index < -0.39 is 8.80 Å². The van der Waals surface area contributed by atoms with Crippen molar-refractivity contribution in [1.29, 1.82) is 0 Å². The van der Waals surface area contributed by atoms with Gasteiger partial charge in [-0.1, -0.05) is 0 Å². The summed E-state index contributed by atoms with van der Waals surface area (Å²) in [5.74, 6) is 0. The van der Waals surface area contributed by atoms with E-state index in [-0.39, 0.29) is 0 Å². The van der Waals surface area contributed by atoms with E-state index in [1.165, 1.54) is 0 Å². The van der Waals surface area contributed by atoms with Gasteiger partial charge in [0, 0.05) is 34.5 Å². The van der Waals surface area contributed by atoms with Crippen LogP contribution in [0, 0.1) is 0 Å². The molecule has 0 aromatic rings. The number of unbranched alkanes of at least 4 members (excludes halogenated alkanes) is 1. The third kappa shape index (κ3) is 6.23. The minimum Gasteiger partial charge on any atom is -0.379 e. The summed E-state index contributed by atoms with van der Waals surface area (Å²) in [4.78, 5) is 0. The summed E-state index contributed by atoms with van der Waals surface area (Å²) >= 11 is 0. The average Bonchev–Trinajstić information content (AvgIpc) is 3.22. The van der Waals surface area contributed by atoms with Crippen molar-refractivity contribution < 1.29 is 27.5 Å². The van der Waals surface area contributed by atoms with Gasteiger partial charge >= 0.3 is 8.80 Å². The number of epoxide rings is 1. The highest BCUT2D eigenvalue weighted by Gasteiger charge is 2.38. The fraction of sp³-hybridized carbons (Fsp3) is 1.00. The smallest absolute Gasteiger partial charge is 0.379 e. The van der Waals surface area contributed by atoms with E-state index >= 15 is 0 Å². The van der Waals surface area contributed by atoms with Gasteiger partial charge in [-0.25, -0.2) is 0 Å². The highest BCUT2D eigenvalue weighted by Crippen LogP contribution is 2.09. The minimum absolute atomic E-state index is 0.345. The van der Waals surface area contributed by atoms with Crippen LogP contribution in [0.2, 0.25) is 0 Å². The number of ether oxygens (including phenoxy) is 3. The molecule has 108 valence electrons. The normalized spacial score (nSPS) is 19.2. The number of hydrogen-bond acceptors (Lipinski definition) is 6. The second kappa shape index (κ2) is 8.97. The summed E-state index contributed by atoms with van der Waals surface area (Å²) in [5.41, 5.74) is 0. The Balaban J connectivity index is 1.89. The molecule has 1 aliphatic heterocycles. The first-order valence-corrected chi connectivity index (χ1v) is 8.12. The summed E-state index contributed by atoms with van der Waals surface area (Å²) in [6, 6.07) is 0. The second-order valence-corrected chi connectivity index (χ2v) is 6.96. The van der Waals surface area contributed by atoms with Gasteiger partial charge in [-0.15, -0.1) is 0 Å². The van der Waals surface area contributed by atoms with Crippen LogP contribution in [0.25, 0.3) is 0 Å². The zero-order chi connectivity index (χ0) is 13.3. The van der Waals surface area contributed by atoms with Gasteiger partial charge in [0.15, 0.2) is 0 Å². The van der Waals surface area contributed by atoms with Crippen LogP contribution in [-0.2, 0) is 27.5 Å². The highest BCUT2D eigenvalue weighted by atomic mass is 28.4. The van der Waals surface area contributed by atoms with Gasteiger partial charge < -0.3 is 27.5 Å². The lowest BCUT2D eigenvalue weighted by atomic mass is 10.3. The van der Waals surface area contributed by atoms with Crippen molar-refractivity contribution in [3.05, 3.63) is 0 Å². The van der Waals surface area contributed by atoms with E-state index in [1.54, 1.807) is 21.3 Å². The van der Waals surface area contributed by atoms with Crippen molar-refractivity contribution in [3.63, 3.8) is 0 Å². The zero-order valence-corrected chi connectivity index (χ0v) is 12.5. The number of rotatable bonds is 12. The molecule has 0 aliphatic carbocycles. The lowest BCUT2D eigenvalue weighted by molar-refractivity contribution is 0.0581. The minimum atomic E-state index is -2.57. The SMILES string of the molecule is CO[Si](COCCCCOCC1CO1)(OC)OC. The summed E-state index contributed by atoms with van der Waals surface area (Å²) < 4.78 is 31.7. The van der Waals surface area contributed by atoms with Crippen molar-refractivity contribution in [3.8, 4) is 0 Å². The molecule has 0 N–H and O–H groups in total. The fourth-order valence-corrected chi connectivity index (χ4v) is 2.66. The number of hydrogen-bond donors (Lipinski definition) is 0. The van der Waals surface area contributed by atoms with Crippen molar-refractivity contribution in [2.24, 2.45) is 0 Å². The van der Waals surface area contributed by atoms with Crippen LogP contribution >= 0.6 is 0 Å². The average molecular weight is 280 g/mol. The molecule has 1 atom stereocenters. The molecular weight excluding hydrogens is 256 g/mol. The molecular formula is C11H24O6Si. The van der Waals surface area contributed by atoms with Gasteiger partial charge in [0.2, 0.25) is 0 Å². The molecule has 1 rings (SSSR count). The van der Waals surface area contributed by atoms with Gasteiger partial charge in [-0.3, -0.25) is 0 Å². The van der Waals surface area contributed by atoms with Crippen molar-refractivity contribution >= 4 is 8.80 Å². The Labute approximate surface area is 110 Å². The molecule has 0 aromatic carbocycles. The van der Waals surface area contributed by atoms with E-state index in [9.17, 15) is 0 Å². The Morgan fingerprint density at radius 3 is 2.06 bits per heavy atom. The maximum Gasteiger partial charge on any atom is 0.527 e. The Kier molecular flexibility index (Phi) is 7.99. The zero-order valence-electron chi connectivity index (χ0n) is 11.5. The second-order valence-electron chi connectivity index (χ2n) is 4.09. The molecule has 1 fully saturated rings.